The average Bonchev–Trinajstić information content (AvgIpc) is 3.20. The van der Waals surface area contributed by atoms with Gasteiger partial charge in [-0.25, -0.2) is 17.2 Å². The van der Waals surface area contributed by atoms with E-state index in [0.29, 0.717) is 10.9 Å². The van der Waals surface area contributed by atoms with E-state index in [1.54, 1.807) is 13.0 Å². The molecule has 1 aromatic heterocycles. The highest BCUT2D eigenvalue weighted by atomic mass is 35.5. The van der Waals surface area contributed by atoms with Gasteiger partial charge in [-0.05, 0) is 48.9 Å². The van der Waals surface area contributed by atoms with E-state index in [4.69, 9.17) is 23.2 Å². The number of aromatic nitrogens is 1. The Bertz CT molecular complexity index is 1590. The Morgan fingerprint density at radius 3 is 2.33 bits per heavy atom. The first-order chi connectivity index (χ1) is 16.9. The number of carbonyl (C=O) groups is 1. The number of alkyl halides is 2. The summed E-state index contributed by atoms with van der Waals surface area (Å²) in [4.78, 5) is 11.4. The number of carboxylic acids is 1. The standard InChI is InChI=1S/C24H17Cl2F2NO6S/c1-12-9-13(35-24(27)28)10-18-16(12)11-19(29(18)36(33,34)14-5-3-2-4-6-14)22(30)20-17(25)8-7-15(21(20)26)23(31)32/h2-11,22,24,30H,1H3,(H,31,32). The van der Waals surface area contributed by atoms with Crippen molar-refractivity contribution in [3.63, 3.8) is 0 Å². The van der Waals surface area contributed by atoms with Crippen LogP contribution >= 0.6 is 23.2 Å². The molecular formula is C24H17Cl2F2NO6S. The second kappa shape index (κ2) is 9.70. The van der Waals surface area contributed by atoms with Crippen LogP contribution in [-0.4, -0.2) is 35.2 Å². The summed E-state index contributed by atoms with van der Waals surface area (Å²) < 4.78 is 58.7. The van der Waals surface area contributed by atoms with Gasteiger partial charge in [0, 0.05) is 22.0 Å². The molecule has 2 N–H and O–H groups in total. The van der Waals surface area contributed by atoms with Crippen molar-refractivity contribution < 1.29 is 36.9 Å². The zero-order valence-corrected chi connectivity index (χ0v) is 20.7. The van der Waals surface area contributed by atoms with Crippen LogP contribution in [0, 0.1) is 6.92 Å². The smallest absolute Gasteiger partial charge is 0.387 e. The summed E-state index contributed by atoms with van der Waals surface area (Å²) in [5, 5.41) is 20.6. The maximum atomic E-state index is 13.8. The minimum atomic E-state index is -4.41. The highest BCUT2D eigenvalue weighted by molar-refractivity contribution is 7.90. The van der Waals surface area contributed by atoms with E-state index in [0.717, 1.165) is 16.1 Å². The van der Waals surface area contributed by atoms with E-state index in [-0.39, 0.29) is 43.0 Å². The zero-order valence-electron chi connectivity index (χ0n) is 18.3. The first-order valence-corrected chi connectivity index (χ1v) is 12.4. The van der Waals surface area contributed by atoms with E-state index < -0.39 is 28.7 Å². The van der Waals surface area contributed by atoms with Crippen LogP contribution in [0.2, 0.25) is 10.0 Å². The first-order valence-electron chi connectivity index (χ1n) is 10.2. The maximum Gasteiger partial charge on any atom is 0.387 e. The number of benzene rings is 3. The number of hydrogen-bond acceptors (Lipinski definition) is 5. The molecular weight excluding hydrogens is 539 g/mol. The van der Waals surface area contributed by atoms with Crippen LogP contribution in [-0.2, 0) is 10.0 Å². The Balaban J connectivity index is 2.07. The quantitative estimate of drug-likeness (QED) is 0.295. The second-order valence-electron chi connectivity index (χ2n) is 7.73. The van der Waals surface area contributed by atoms with Gasteiger partial charge in [0.05, 0.1) is 26.7 Å². The molecule has 7 nitrogen and oxygen atoms in total. The number of hydrogen-bond donors (Lipinski definition) is 2. The highest BCUT2D eigenvalue weighted by Crippen LogP contribution is 2.40. The number of halogens is 4. The minimum Gasteiger partial charge on any atom is -0.478 e. The maximum absolute atomic E-state index is 13.8. The van der Waals surface area contributed by atoms with Gasteiger partial charge in [0.1, 0.15) is 11.9 Å². The van der Waals surface area contributed by atoms with Crippen molar-refractivity contribution in [3.05, 3.63) is 93.1 Å². The van der Waals surface area contributed by atoms with Gasteiger partial charge >= 0.3 is 12.6 Å². The van der Waals surface area contributed by atoms with Gasteiger partial charge in [0.25, 0.3) is 10.0 Å². The number of ether oxygens (including phenoxy) is 1. The van der Waals surface area contributed by atoms with Crippen LogP contribution in [0.5, 0.6) is 5.75 Å². The number of aliphatic hydroxyl groups is 1. The molecule has 0 fully saturated rings. The van der Waals surface area contributed by atoms with Gasteiger partial charge in [-0.1, -0.05) is 41.4 Å². The molecule has 0 aliphatic heterocycles. The second-order valence-corrected chi connectivity index (χ2v) is 10.3. The number of aromatic carboxylic acids is 1. The van der Waals surface area contributed by atoms with Crippen molar-refractivity contribution >= 4 is 50.1 Å². The summed E-state index contributed by atoms with van der Waals surface area (Å²) in [6, 6.07) is 13.4. The molecule has 36 heavy (non-hydrogen) atoms. The third kappa shape index (κ3) is 4.53. The Labute approximate surface area is 214 Å². The molecule has 0 aliphatic rings. The largest absolute Gasteiger partial charge is 0.478 e. The van der Waals surface area contributed by atoms with E-state index in [1.165, 1.54) is 42.5 Å². The number of fused-ring (bicyclic) bond motifs is 1. The van der Waals surface area contributed by atoms with E-state index in [2.05, 4.69) is 4.74 Å². The molecule has 0 amide bonds. The lowest BCUT2D eigenvalue weighted by atomic mass is 10.0. The van der Waals surface area contributed by atoms with Crippen molar-refractivity contribution in [1.82, 2.24) is 3.97 Å². The molecule has 1 unspecified atom stereocenters. The number of rotatable bonds is 7. The molecule has 0 bridgehead atoms. The van der Waals surface area contributed by atoms with Crippen LogP contribution in [0.3, 0.4) is 0 Å². The molecule has 1 heterocycles. The monoisotopic (exact) mass is 555 g/mol. The van der Waals surface area contributed by atoms with E-state index in [9.17, 15) is 32.2 Å². The first kappa shape index (κ1) is 25.9. The fraction of sp³-hybridized carbons (Fsp3) is 0.125. The SMILES string of the molecule is Cc1cc(OC(F)F)cc2c1cc(C(O)c1c(Cl)ccc(C(=O)O)c1Cl)n2S(=O)(=O)c1ccccc1. The van der Waals surface area contributed by atoms with Gasteiger partial charge in [0.2, 0.25) is 0 Å². The Morgan fingerprint density at radius 2 is 1.72 bits per heavy atom. The highest BCUT2D eigenvalue weighted by Gasteiger charge is 2.31. The summed E-state index contributed by atoms with van der Waals surface area (Å²) in [5.74, 6) is -1.67. The number of nitrogens with zero attached hydrogens (tertiary/aromatic N) is 1. The number of aliphatic hydroxyl groups excluding tert-OH is 1. The minimum absolute atomic E-state index is 0.0508. The Morgan fingerprint density at radius 1 is 1.06 bits per heavy atom. The van der Waals surface area contributed by atoms with Gasteiger partial charge in [-0.15, -0.1) is 0 Å². The molecule has 0 saturated heterocycles. The zero-order chi connectivity index (χ0) is 26.4. The van der Waals surface area contributed by atoms with Crippen LogP contribution in [0.4, 0.5) is 8.78 Å². The fourth-order valence-electron chi connectivity index (χ4n) is 3.91. The van der Waals surface area contributed by atoms with E-state index in [1.807, 2.05) is 0 Å². The molecule has 0 saturated carbocycles. The van der Waals surface area contributed by atoms with Crippen LogP contribution < -0.4 is 4.74 Å². The van der Waals surface area contributed by atoms with Crippen LogP contribution in [0.15, 0.2) is 65.6 Å². The molecule has 3 aromatic carbocycles. The molecule has 1 atom stereocenters. The van der Waals surface area contributed by atoms with Gasteiger partial charge in [-0.3, -0.25) is 0 Å². The summed E-state index contributed by atoms with van der Waals surface area (Å²) in [5.41, 5.74) is -0.488. The summed E-state index contributed by atoms with van der Waals surface area (Å²) >= 11 is 12.5. The van der Waals surface area contributed by atoms with Crippen molar-refractivity contribution in [1.29, 1.82) is 0 Å². The number of aryl methyl sites for hydroxylation is 1. The molecule has 12 heteroatoms. The lowest BCUT2D eigenvalue weighted by Crippen LogP contribution is -2.19. The summed E-state index contributed by atoms with van der Waals surface area (Å²) in [7, 11) is -4.41. The molecule has 0 radical (unpaired) electrons. The molecule has 0 aliphatic carbocycles. The van der Waals surface area contributed by atoms with Gasteiger partial charge in [-0.2, -0.15) is 8.78 Å². The normalized spacial score (nSPS) is 12.8. The summed E-state index contributed by atoms with van der Waals surface area (Å²) in [6.07, 6.45) is -1.81. The topological polar surface area (TPSA) is 106 Å². The molecule has 0 spiro atoms. The van der Waals surface area contributed by atoms with Gasteiger partial charge in [0.15, 0.2) is 0 Å². The molecule has 4 rings (SSSR count). The third-order valence-corrected chi connectivity index (χ3v) is 7.99. The predicted octanol–water partition coefficient (Wildman–Crippen LogP) is 5.87. The van der Waals surface area contributed by atoms with E-state index >= 15 is 0 Å². The number of carboxylic acid groups (broad SMARTS) is 1. The molecule has 4 aromatic rings. The third-order valence-electron chi connectivity index (χ3n) is 5.50. The molecule has 188 valence electrons. The lowest BCUT2D eigenvalue weighted by Gasteiger charge is -2.19. The van der Waals surface area contributed by atoms with Crippen molar-refractivity contribution in [3.8, 4) is 5.75 Å². The average molecular weight is 556 g/mol. The fourth-order valence-corrected chi connectivity index (χ4v) is 6.12. The Kier molecular flexibility index (Phi) is 6.98. The van der Waals surface area contributed by atoms with Crippen molar-refractivity contribution in [2.75, 3.05) is 0 Å². The van der Waals surface area contributed by atoms with Crippen LogP contribution in [0.25, 0.3) is 10.9 Å². The Hall–Kier alpha value is -3.18. The van der Waals surface area contributed by atoms with Crippen molar-refractivity contribution in [2.45, 2.75) is 24.5 Å². The van der Waals surface area contributed by atoms with Gasteiger partial charge < -0.3 is 14.9 Å². The predicted molar refractivity (Wildman–Crippen MR) is 130 cm³/mol. The summed E-state index contributed by atoms with van der Waals surface area (Å²) in [6.45, 7) is -1.60. The van der Waals surface area contributed by atoms with Crippen LogP contribution in [0.1, 0.15) is 33.3 Å². The van der Waals surface area contributed by atoms with Crippen molar-refractivity contribution in [2.24, 2.45) is 0 Å². The lowest BCUT2D eigenvalue weighted by molar-refractivity contribution is -0.0497.